The summed E-state index contributed by atoms with van der Waals surface area (Å²) in [5, 5.41) is 0.757. The fourth-order valence-electron chi connectivity index (χ4n) is 2.66. The maximum atomic E-state index is 12.6. The SMILES string of the molecule is Cc1nc2sc3c(c2c(=O)n1CCC(N)=O)CCC3. The molecule has 0 saturated heterocycles. The van der Waals surface area contributed by atoms with Crippen LogP contribution in [0.5, 0.6) is 0 Å². The molecular formula is C13H15N3O2S. The molecule has 0 aromatic carbocycles. The van der Waals surface area contributed by atoms with E-state index in [0.717, 1.165) is 29.5 Å². The van der Waals surface area contributed by atoms with Crippen molar-refractivity contribution in [3.8, 4) is 0 Å². The number of carbonyl (C=O) groups excluding carboxylic acids is 1. The van der Waals surface area contributed by atoms with Crippen molar-refractivity contribution in [2.45, 2.75) is 39.2 Å². The Labute approximate surface area is 114 Å². The van der Waals surface area contributed by atoms with Crippen LogP contribution in [0.3, 0.4) is 0 Å². The lowest BCUT2D eigenvalue weighted by Gasteiger charge is -2.08. The van der Waals surface area contributed by atoms with Gasteiger partial charge in [0.2, 0.25) is 5.91 Å². The molecule has 2 aromatic heterocycles. The van der Waals surface area contributed by atoms with Crippen LogP contribution in [0.15, 0.2) is 4.79 Å². The number of primary amides is 1. The van der Waals surface area contributed by atoms with Crippen molar-refractivity contribution in [3.63, 3.8) is 0 Å². The number of hydrogen-bond donors (Lipinski definition) is 1. The second-order valence-electron chi connectivity index (χ2n) is 4.87. The molecule has 1 amide bonds. The highest BCUT2D eigenvalue weighted by atomic mass is 32.1. The highest BCUT2D eigenvalue weighted by Gasteiger charge is 2.22. The fraction of sp³-hybridized carbons (Fsp3) is 0.462. The zero-order valence-corrected chi connectivity index (χ0v) is 11.5. The van der Waals surface area contributed by atoms with E-state index in [1.165, 1.54) is 10.4 Å². The Bertz CT molecular complexity index is 730. The van der Waals surface area contributed by atoms with Gasteiger partial charge in [0.15, 0.2) is 0 Å². The number of amides is 1. The third-order valence-corrected chi connectivity index (χ3v) is 4.78. The number of carbonyl (C=O) groups is 1. The zero-order valence-electron chi connectivity index (χ0n) is 10.7. The van der Waals surface area contributed by atoms with Gasteiger partial charge < -0.3 is 5.73 Å². The molecule has 2 heterocycles. The quantitative estimate of drug-likeness (QED) is 0.913. The number of aryl methyl sites for hydroxylation is 3. The van der Waals surface area contributed by atoms with Gasteiger partial charge in [0.1, 0.15) is 10.7 Å². The number of aromatic nitrogens is 2. The summed E-state index contributed by atoms with van der Waals surface area (Å²) in [6.07, 6.45) is 3.30. The lowest BCUT2D eigenvalue weighted by Crippen LogP contribution is -2.26. The predicted molar refractivity (Wildman–Crippen MR) is 74.5 cm³/mol. The minimum atomic E-state index is -0.401. The first-order valence-corrected chi connectivity index (χ1v) is 7.19. The molecule has 3 rings (SSSR count). The van der Waals surface area contributed by atoms with Crippen molar-refractivity contribution in [1.82, 2.24) is 9.55 Å². The Hall–Kier alpha value is -1.69. The summed E-state index contributed by atoms with van der Waals surface area (Å²) < 4.78 is 1.57. The molecule has 1 aliphatic carbocycles. The van der Waals surface area contributed by atoms with Gasteiger partial charge in [-0.2, -0.15) is 0 Å². The second kappa shape index (κ2) is 4.45. The predicted octanol–water partition coefficient (Wildman–Crippen LogP) is 1.13. The first-order chi connectivity index (χ1) is 9.08. The molecule has 0 saturated carbocycles. The number of rotatable bonds is 3. The van der Waals surface area contributed by atoms with Crippen molar-refractivity contribution in [2.75, 3.05) is 0 Å². The zero-order chi connectivity index (χ0) is 13.6. The topological polar surface area (TPSA) is 78.0 Å². The Balaban J connectivity index is 2.17. The van der Waals surface area contributed by atoms with Crippen LogP contribution in [0, 0.1) is 6.92 Å². The van der Waals surface area contributed by atoms with E-state index in [1.807, 2.05) is 0 Å². The van der Waals surface area contributed by atoms with Gasteiger partial charge in [-0.15, -0.1) is 11.3 Å². The van der Waals surface area contributed by atoms with Crippen LogP contribution < -0.4 is 11.3 Å². The molecule has 6 heteroatoms. The van der Waals surface area contributed by atoms with Gasteiger partial charge in [-0.1, -0.05) is 0 Å². The largest absolute Gasteiger partial charge is 0.370 e. The molecular weight excluding hydrogens is 262 g/mol. The van der Waals surface area contributed by atoms with Crippen LogP contribution in [0.2, 0.25) is 0 Å². The van der Waals surface area contributed by atoms with Gasteiger partial charge in [-0.25, -0.2) is 4.98 Å². The maximum absolute atomic E-state index is 12.6. The second-order valence-corrected chi connectivity index (χ2v) is 5.95. The first kappa shape index (κ1) is 12.3. The van der Waals surface area contributed by atoms with E-state index in [-0.39, 0.29) is 12.0 Å². The van der Waals surface area contributed by atoms with Crippen molar-refractivity contribution in [3.05, 3.63) is 26.6 Å². The summed E-state index contributed by atoms with van der Waals surface area (Å²) in [7, 11) is 0. The summed E-state index contributed by atoms with van der Waals surface area (Å²) >= 11 is 1.63. The number of fused-ring (bicyclic) bond motifs is 3. The van der Waals surface area contributed by atoms with Crippen LogP contribution in [0.4, 0.5) is 0 Å². The van der Waals surface area contributed by atoms with Gasteiger partial charge in [0.05, 0.1) is 5.39 Å². The van der Waals surface area contributed by atoms with E-state index in [0.29, 0.717) is 12.4 Å². The number of nitrogens with two attached hydrogens (primary N) is 1. The number of thiophene rings is 1. The van der Waals surface area contributed by atoms with E-state index in [2.05, 4.69) is 4.98 Å². The first-order valence-electron chi connectivity index (χ1n) is 6.38. The van der Waals surface area contributed by atoms with Crippen LogP contribution in [-0.2, 0) is 24.2 Å². The molecule has 0 bridgehead atoms. The summed E-state index contributed by atoms with van der Waals surface area (Å²) in [5.74, 6) is 0.251. The van der Waals surface area contributed by atoms with Gasteiger partial charge in [-0.3, -0.25) is 14.2 Å². The molecule has 2 aromatic rings. The average molecular weight is 277 g/mol. The lowest BCUT2D eigenvalue weighted by atomic mass is 10.2. The van der Waals surface area contributed by atoms with E-state index in [1.54, 1.807) is 22.8 Å². The summed E-state index contributed by atoms with van der Waals surface area (Å²) in [4.78, 5) is 30.1. The average Bonchev–Trinajstić information content (AvgIpc) is 2.87. The molecule has 1 aliphatic rings. The third-order valence-electron chi connectivity index (χ3n) is 3.60. The Kier molecular flexibility index (Phi) is 2.89. The number of hydrogen-bond acceptors (Lipinski definition) is 4. The standard InChI is InChI=1S/C13H15N3O2S/c1-7-15-12-11(8-3-2-4-9(8)19-12)13(18)16(7)6-5-10(14)17/h2-6H2,1H3,(H2,14,17). The monoisotopic (exact) mass is 277 g/mol. The molecule has 5 nitrogen and oxygen atoms in total. The fourth-order valence-corrected chi connectivity index (χ4v) is 3.96. The van der Waals surface area contributed by atoms with Crippen LogP contribution in [0.1, 0.15) is 29.1 Å². The van der Waals surface area contributed by atoms with Crippen molar-refractivity contribution in [2.24, 2.45) is 5.73 Å². The minimum absolute atomic E-state index is 0.0249. The summed E-state index contributed by atoms with van der Waals surface area (Å²) in [6, 6.07) is 0. The highest BCUT2D eigenvalue weighted by molar-refractivity contribution is 7.18. The molecule has 0 unspecified atom stereocenters. The minimum Gasteiger partial charge on any atom is -0.370 e. The van der Waals surface area contributed by atoms with Gasteiger partial charge >= 0.3 is 0 Å². The molecule has 2 N–H and O–H groups in total. The van der Waals surface area contributed by atoms with Gasteiger partial charge in [-0.05, 0) is 31.7 Å². The van der Waals surface area contributed by atoms with Crippen LogP contribution in [0.25, 0.3) is 10.2 Å². The Morgan fingerprint density at radius 3 is 3.00 bits per heavy atom. The Morgan fingerprint density at radius 2 is 2.26 bits per heavy atom. The van der Waals surface area contributed by atoms with E-state index in [4.69, 9.17) is 5.73 Å². The number of nitrogens with zero attached hydrogens (tertiary/aromatic N) is 2. The van der Waals surface area contributed by atoms with Crippen molar-refractivity contribution >= 4 is 27.5 Å². The molecule has 0 fully saturated rings. The highest BCUT2D eigenvalue weighted by Crippen LogP contribution is 2.34. The van der Waals surface area contributed by atoms with Gasteiger partial charge in [0, 0.05) is 17.8 Å². The normalized spacial score (nSPS) is 13.9. The molecule has 19 heavy (non-hydrogen) atoms. The van der Waals surface area contributed by atoms with Crippen molar-refractivity contribution < 1.29 is 4.79 Å². The summed E-state index contributed by atoms with van der Waals surface area (Å²) in [5.41, 5.74) is 6.30. The van der Waals surface area contributed by atoms with E-state index < -0.39 is 5.91 Å². The molecule has 0 radical (unpaired) electrons. The van der Waals surface area contributed by atoms with Crippen LogP contribution >= 0.6 is 11.3 Å². The lowest BCUT2D eigenvalue weighted by molar-refractivity contribution is -0.118. The summed E-state index contributed by atoms with van der Waals surface area (Å²) in [6.45, 7) is 2.11. The van der Waals surface area contributed by atoms with Crippen LogP contribution in [-0.4, -0.2) is 15.5 Å². The Morgan fingerprint density at radius 1 is 1.47 bits per heavy atom. The molecule has 0 spiro atoms. The maximum Gasteiger partial charge on any atom is 0.262 e. The van der Waals surface area contributed by atoms with Gasteiger partial charge in [0.25, 0.3) is 5.56 Å². The van der Waals surface area contributed by atoms with E-state index in [9.17, 15) is 9.59 Å². The smallest absolute Gasteiger partial charge is 0.262 e. The molecule has 0 aliphatic heterocycles. The van der Waals surface area contributed by atoms with Crippen molar-refractivity contribution in [1.29, 1.82) is 0 Å². The molecule has 100 valence electrons. The third kappa shape index (κ3) is 1.96. The molecule has 0 atom stereocenters. The van der Waals surface area contributed by atoms with E-state index >= 15 is 0 Å².